The largest absolute Gasteiger partial charge is 0.353 e. The van der Waals surface area contributed by atoms with Gasteiger partial charge in [-0.2, -0.15) is 0 Å². The highest BCUT2D eigenvalue weighted by Gasteiger charge is 2.17. The number of hydrogen-bond donors (Lipinski definition) is 1. The first-order valence-corrected chi connectivity index (χ1v) is 7.35. The van der Waals surface area contributed by atoms with Crippen molar-refractivity contribution in [2.75, 3.05) is 0 Å². The number of fused-ring (bicyclic) bond motifs is 1. The summed E-state index contributed by atoms with van der Waals surface area (Å²) in [5, 5.41) is 3.13. The van der Waals surface area contributed by atoms with Crippen LogP contribution in [0.1, 0.15) is 37.1 Å². The van der Waals surface area contributed by atoms with Crippen molar-refractivity contribution in [1.82, 2.24) is 14.9 Å². The SMILES string of the molecule is Cc1nc2cc(CC(=O)NC3CCCC3)ccc2n1C. The van der Waals surface area contributed by atoms with Gasteiger partial charge in [-0.3, -0.25) is 4.79 Å². The maximum absolute atomic E-state index is 12.0. The van der Waals surface area contributed by atoms with Gasteiger partial charge in [0.05, 0.1) is 17.5 Å². The first-order chi connectivity index (χ1) is 9.63. The smallest absolute Gasteiger partial charge is 0.224 e. The quantitative estimate of drug-likeness (QED) is 0.932. The molecule has 3 rings (SSSR count). The lowest BCUT2D eigenvalue weighted by Gasteiger charge is -2.11. The van der Waals surface area contributed by atoms with Crippen molar-refractivity contribution in [3.8, 4) is 0 Å². The van der Waals surface area contributed by atoms with Crippen LogP contribution in [0.3, 0.4) is 0 Å². The Labute approximate surface area is 119 Å². The number of nitrogens with one attached hydrogen (secondary N) is 1. The molecule has 106 valence electrons. The van der Waals surface area contributed by atoms with Crippen LogP contribution in [0.25, 0.3) is 11.0 Å². The lowest BCUT2D eigenvalue weighted by atomic mass is 10.1. The Morgan fingerprint density at radius 2 is 2.15 bits per heavy atom. The molecule has 0 saturated heterocycles. The zero-order chi connectivity index (χ0) is 14.1. The van der Waals surface area contributed by atoms with Gasteiger partial charge in [0.2, 0.25) is 5.91 Å². The number of carbonyl (C=O) groups excluding carboxylic acids is 1. The number of aryl methyl sites for hydroxylation is 2. The Morgan fingerprint density at radius 1 is 1.40 bits per heavy atom. The molecule has 1 amide bonds. The van der Waals surface area contributed by atoms with E-state index >= 15 is 0 Å². The summed E-state index contributed by atoms with van der Waals surface area (Å²) in [7, 11) is 2.01. The molecule has 1 saturated carbocycles. The summed E-state index contributed by atoms with van der Waals surface area (Å²) in [4.78, 5) is 16.6. The van der Waals surface area contributed by atoms with Crippen molar-refractivity contribution in [1.29, 1.82) is 0 Å². The summed E-state index contributed by atoms with van der Waals surface area (Å²) >= 11 is 0. The minimum atomic E-state index is 0.129. The number of rotatable bonds is 3. The van der Waals surface area contributed by atoms with Crippen LogP contribution in [0, 0.1) is 6.92 Å². The van der Waals surface area contributed by atoms with Crippen molar-refractivity contribution < 1.29 is 4.79 Å². The first-order valence-electron chi connectivity index (χ1n) is 7.35. The molecule has 4 heteroatoms. The van der Waals surface area contributed by atoms with Gasteiger partial charge >= 0.3 is 0 Å². The van der Waals surface area contributed by atoms with E-state index in [4.69, 9.17) is 0 Å². The number of hydrogen-bond acceptors (Lipinski definition) is 2. The van der Waals surface area contributed by atoms with E-state index in [1.807, 2.05) is 32.2 Å². The Bertz CT molecular complexity index is 638. The summed E-state index contributed by atoms with van der Waals surface area (Å²) in [6, 6.07) is 6.49. The average Bonchev–Trinajstić information content (AvgIpc) is 2.99. The molecule has 1 aromatic carbocycles. The van der Waals surface area contributed by atoms with Crippen LogP contribution >= 0.6 is 0 Å². The molecule has 0 unspecified atom stereocenters. The van der Waals surface area contributed by atoms with Gasteiger partial charge in [-0.25, -0.2) is 4.98 Å². The number of carbonyl (C=O) groups is 1. The molecule has 0 atom stereocenters. The number of benzene rings is 1. The number of amides is 1. The molecular weight excluding hydrogens is 250 g/mol. The van der Waals surface area contributed by atoms with E-state index in [1.54, 1.807) is 0 Å². The molecule has 0 bridgehead atoms. The zero-order valence-electron chi connectivity index (χ0n) is 12.1. The molecule has 1 N–H and O–H groups in total. The van der Waals surface area contributed by atoms with E-state index < -0.39 is 0 Å². The van der Waals surface area contributed by atoms with E-state index in [0.717, 1.165) is 35.3 Å². The Balaban J connectivity index is 1.72. The van der Waals surface area contributed by atoms with Crippen LogP contribution < -0.4 is 5.32 Å². The third kappa shape index (κ3) is 2.55. The lowest BCUT2D eigenvalue weighted by Crippen LogP contribution is -2.33. The number of nitrogens with zero attached hydrogens (tertiary/aromatic N) is 2. The Morgan fingerprint density at radius 3 is 2.90 bits per heavy atom. The monoisotopic (exact) mass is 271 g/mol. The highest BCUT2D eigenvalue weighted by molar-refractivity contribution is 5.82. The van der Waals surface area contributed by atoms with Crippen LogP contribution in [0.2, 0.25) is 0 Å². The minimum Gasteiger partial charge on any atom is -0.353 e. The van der Waals surface area contributed by atoms with Crippen LogP contribution in [0.15, 0.2) is 18.2 Å². The summed E-state index contributed by atoms with van der Waals surface area (Å²) in [5.41, 5.74) is 3.12. The molecule has 1 aliphatic rings. The standard InChI is InChI=1S/C16H21N3O/c1-11-17-14-9-12(7-8-15(14)19(11)2)10-16(20)18-13-5-3-4-6-13/h7-9,13H,3-6,10H2,1-2H3,(H,18,20). The Hall–Kier alpha value is -1.84. The summed E-state index contributed by atoms with van der Waals surface area (Å²) in [6.07, 6.45) is 5.19. The average molecular weight is 271 g/mol. The van der Waals surface area contributed by atoms with Crippen LogP contribution in [-0.2, 0) is 18.3 Å². The fourth-order valence-corrected chi connectivity index (χ4v) is 3.01. The molecule has 1 fully saturated rings. The fraction of sp³-hybridized carbons (Fsp3) is 0.500. The molecule has 0 aliphatic heterocycles. The Kier molecular flexibility index (Phi) is 3.47. The third-order valence-corrected chi connectivity index (χ3v) is 4.25. The molecule has 4 nitrogen and oxygen atoms in total. The van der Waals surface area contributed by atoms with Crippen LogP contribution in [-0.4, -0.2) is 21.5 Å². The molecule has 2 aromatic rings. The fourth-order valence-electron chi connectivity index (χ4n) is 3.01. The van der Waals surface area contributed by atoms with Gasteiger partial charge in [0.15, 0.2) is 0 Å². The molecule has 1 aromatic heterocycles. The van der Waals surface area contributed by atoms with Crippen molar-refractivity contribution in [2.45, 2.75) is 45.1 Å². The van der Waals surface area contributed by atoms with Gasteiger partial charge in [-0.1, -0.05) is 18.9 Å². The summed E-state index contributed by atoms with van der Waals surface area (Å²) < 4.78 is 2.07. The van der Waals surface area contributed by atoms with Gasteiger partial charge in [0.25, 0.3) is 0 Å². The predicted octanol–water partition coefficient (Wildman–Crippen LogP) is 2.48. The van der Waals surface area contributed by atoms with E-state index in [1.165, 1.54) is 12.8 Å². The number of aromatic nitrogens is 2. The van der Waals surface area contributed by atoms with Gasteiger partial charge in [-0.15, -0.1) is 0 Å². The molecular formula is C16H21N3O. The molecule has 1 aliphatic carbocycles. The first kappa shape index (κ1) is 13.2. The highest BCUT2D eigenvalue weighted by atomic mass is 16.1. The maximum atomic E-state index is 12.0. The van der Waals surface area contributed by atoms with E-state index in [2.05, 4.69) is 14.9 Å². The molecule has 0 radical (unpaired) electrons. The van der Waals surface area contributed by atoms with Crippen molar-refractivity contribution >= 4 is 16.9 Å². The minimum absolute atomic E-state index is 0.129. The van der Waals surface area contributed by atoms with E-state index in [0.29, 0.717) is 12.5 Å². The summed E-state index contributed by atoms with van der Waals surface area (Å²) in [6.45, 7) is 1.99. The second kappa shape index (κ2) is 5.27. The summed E-state index contributed by atoms with van der Waals surface area (Å²) in [5.74, 6) is 1.12. The van der Waals surface area contributed by atoms with E-state index in [-0.39, 0.29) is 5.91 Å². The van der Waals surface area contributed by atoms with Crippen LogP contribution in [0.4, 0.5) is 0 Å². The zero-order valence-corrected chi connectivity index (χ0v) is 12.1. The van der Waals surface area contributed by atoms with Crippen molar-refractivity contribution in [3.05, 3.63) is 29.6 Å². The van der Waals surface area contributed by atoms with Gasteiger partial charge in [-0.05, 0) is 37.5 Å². The highest BCUT2D eigenvalue weighted by Crippen LogP contribution is 2.19. The molecule has 0 spiro atoms. The lowest BCUT2D eigenvalue weighted by molar-refractivity contribution is -0.121. The molecule has 1 heterocycles. The second-order valence-corrected chi connectivity index (χ2v) is 5.77. The van der Waals surface area contributed by atoms with Gasteiger partial charge < -0.3 is 9.88 Å². The van der Waals surface area contributed by atoms with Crippen molar-refractivity contribution in [2.24, 2.45) is 7.05 Å². The van der Waals surface area contributed by atoms with Gasteiger partial charge in [0.1, 0.15) is 5.82 Å². The predicted molar refractivity (Wildman–Crippen MR) is 79.6 cm³/mol. The molecule has 20 heavy (non-hydrogen) atoms. The topological polar surface area (TPSA) is 46.9 Å². The normalized spacial score (nSPS) is 15.9. The third-order valence-electron chi connectivity index (χ3n) is 4.25. The number of imidazole rings is 1. The second-order valence-electron chi connectivity index (χ2n) is 5.77. The van der Waals surface area contributed by atoms with E-state index in [9.17, 15) is 4.79 Å². The maximum Gasteiger partial charge on any atom is 0.224 e. The van der Waals surface area contributed by atoms with Crippen molar-refractivity contribution in [3.63, 3.8) is 0 Å². The van der Waals surface area contributed by atoms with Crippen LogP contribution in [0.5, 0.6) is 0 Å². The van der Waals surface area contributed by atoms with Gasteiger partial charge in [0, 0.05) is 13.1 Å².